The minimum atomic E-state index is -4.07. The smallest absolute Gasteiger partial charge is 0.339 e. The molecule has 9 nitrogen and oxygen atoms in total. The maximum Gasteiger partial charge on any atom is 0.339 e. The van der Waals surface area contributed by atoms with E-state index in [2.05, 4.69) is 20.2 Å². The van der Waals surface area contributed by atoms with E-state index in [0.29, 0.717) is 11.3 Å². The van der Waals surface area contributed by atoms with Crippen LogP contribution in [0.15, 0.2) is 22.5 Å². The third-order valence-electron chi connectivity index (χ3n) is 3.10. The van der Waals surface area contributed by atoms with Crippen LogP contribution >= 0.6 is 22.9 Å². The van der Waals surface area contributed by atoms with E-state index in [1.807, 2.05) is 0 Å². The van der Waals surface area contributed by atoms with Crippen LogP contribution in [0.1, 0.15) is 31.1 Å². The first-order chi connectivity index (χ1) is 12.6. The summed E-state index contributed by atoms with van der Waals surface area (Å²) in [6.07, 6.45) is 0. The first-order valence-electron chi connectivity index (χ1n) is 7.78. The Morgan fingerprint density at radius 2 is 2.00 bits per heavy atom. The number of ether oxygens (including phenoxy) is 1. The molecule has 2 aromatic rings. The van der Waals surface area contributed by atoms with Gasteiger partial charge in [-0.3, -0.25) is 9.52 Å². The first-order valence-corrected chi connectivity index (χ1v) is 10.5. The molecule has 0 aliphatic rings. The highest BCUT2D eigenvalue weighted by atomic mass is 35.5. The summed E-state index contributed by atoms with van der Waals surface area (Å²) < 4.78 is 31.8. The van der Waals surface area contributed by atoms with Gasteiger partial charge in [-0.1, -0.05) is 36.8 Å². The quantitative estimate of drug-likeness (QED) is 0.508. The minimum Gasteiger partial charge on any atom is -0.462 e. The number of amides is 1. The summed E-state index contributed by atoms with van der Waals surface area (Å²) in [5, 5.41) is 9.92. The molecule has 0 radical (unpaired) electrons. The largest absolute Gasteiger partial charge is 0.462 e. The van der Waals surface area contributed by atoms with Gasteiger partial charge in [0.1, 0.15) is 0 Å². The van der Waals surface area contributed by atoms with Gasteiger partial charge < -0.3 is 10.1 Å². The van der Waals surface area contributed by atoms with Crippen LogP contribution in [0.3, 0.4) is 0 Å². The van der Waals surface area contributed by atoms with Crippen molar-refractivity contribution in [2.75, 3.05) is 16.6 Å². The van der Waals surface area contributed by atoms with E-state index in [9.17, 15) is 18.0 Å². The average molecular weight is 433 g/mol. The molecule has 2 rings (SSSR count). The van der Waals surface area contributed by atoms with Gasteiger partial charge in [-0.25, -0.2) is 4.79 Å². The lowest BCUT2D eigenvalue weighted by Gasteiger charge is -2.08. The molecular weight excluding hydrogens is 416 g/mol. The number of nitrogens with zero attached hydrogens (tertiary/aromatic N) is 2. The summed E-state index contributed by atoms with van der Waals surface area (Å²) in [5.41, 5.74) is 0.131. The Balaban J connectivity index is 2.22. The number of halogens is 1. The van der Waals surface area contributed by atoms with Crippen molar-refractivity contribution in [3.05, 3.63) is 28.8 Å². The van der Waals surface area contributed by atoms with Crippen molar-refractivity contribution in [1.29, 1.82) is 0 Å². The highest BCUT2D eigenvalue weighted by Crippen LogP contribution is 2.26. The van der Waals surface area contributed by atoms with Crippen molar-refractivity contribution >= 4 is 55.7 Å². The standard InChI is InChI=1S/C15H17ClN4O5S2/c1-4-25-13(22)10-7-9(5-6-11(10)16)20-27(23,24)15-19-18-14(26-15)17-12(21)8(2)3/h5-8,20H,4H2,1-3H3,(H,17,18,21). The zero-order chi connectivity index (χ0) is 20.2. The molecule has 0 spiro atoms. The summed E-state index contributed by atoms with van der Waals surface area (Å²) in [7, 11) is -4.07. The number of rotatable bonds is 7. The van der Waals surface area contributed by atoms with Crippen molar-refractivity contribution in [1.82, 2.24) is 10.2 Å². The highest BCUT2D eigenvalue weighted by molar-refractivity contribution is 7.94. The lowest BCUT2D eigenvalue weighted by Crippen LogP contribution is -2.17. The Morgan fingerprint density at radius 3 is 2.63 bits per heavy atom. The third kappa shape index (κ3) is 5.37. The van der Waals surface area contributed by atoms with Gasteiger partial charge in [0.25, 0.3) is 14.4 Å². The number of esters is 1. The van der Waals surface area contributed by atoms with Crippen molar-refractivity contribution in [3.8, 4) is 0 Å². The summed E-state index contributed by atoms with van der Waals surface area (Å²) in [6.45, 7) is 5.18. The van der Waals surface area contributed by atoms with E-state index >= 15 is 0 Å². The monoisotopic (exact) mass is 432 g/mol. The average Bonchev–Trinajstić information content (AvgIpc) is 3.06. The Bertz CT molecular complexity index is 959. The van der Waals surface area contributed by atoms with E-state index in [1.54, 1.807) is 20.8 Å². The normalized spacial score (nSPS) is 11.3. The van der Waals surface area contributed by atoms with Crippen LogP contribution in [0.25, 0.3) is 0 Å². The Labute approximate surface area is 165 Å². The maximum atomic E-state index is 12.5. The van der Waals surface area contributed by atoms with Crippen LogP contribution < -0.4 is 10.0 Å². The van der Waals surface area contributed by atoms with E-state index in [1.165, 1.54) is 18.2 Å². The fourth-order valence-electron chi connectivity index (χ4n) is 1.77. The molecule has 0 fully saturated rings. The first kappa shape index (κ1) is 21.1. The second kappa shape index (κ2) is 8.63. The molecule has 1 aromatic heterocycles. The lowest BCUT2D eigenvalue weighted by molar-refractivity contribution is -0.118. The highest BCUT2D eigenvalue weighted by Gasteiger charge is 2.22. The Kier molecular flexibility index (Phi) is 6.73. The van der Waals surface area contributed by atoms with Crippen LogP contribution in [-0.2, 0) is 19.6 Å². The second-order valence-electron chi connectivity index (χ2n) is 5.54. The number of hydrogen-bond acceptors (Lipinski definition) is 8. The van der Waals surface area contributed by atoms with E-state index in [0.717, 1.165) is 0 Å². The fraction of sp³-hybridized carbons (Fsp3) is 0.333. The van der Waals surface area contributed by atoms with Gasteiger partial charge in [-0.15, -0.1) is 10.2 Å². The maximum absolute atomic E-state index is 12.5. The fourth-order valence-corrected chi connectivity index (χ4v) is 3.92. The number of benzene rings is 1. The molecule has 0 aliphatic carbocycles. The molecular formula is C15H17ClN4O5S2. The molecule has 1 heterocycles. The number of anilines is 2. The summed E-state index contributed by atoms with van der Waals surface area (Å²) in [5.74, 6) is -1.26. The molecule has 0 atom stereocenters. The van der Waals surface area contributed by atoms with Crippen molar-refractivity contribution in [3.63, 3.8) is 0 Å². The number of hydrogen-bond donors (Lipinski definition) is 2. The predicted octanol–water partition coefficient (Wildman–Crippen LogP) is 2.76. The van der Waals surface area contributed by atoms with Gasteiger partial charge in [0.2, 0.25) is 11.0 Å². The second-order valence-corrected chi connectivity index (χ2v) is 8.78. The molecule has 0 unspecified atom stereocenters. The zero-order valence-corrected chi connectivity index (χ0v) is 17.0. The molecule has 27 heavy (non-hydrogen) atoms. The molecule has 1 aromatic carbocycles. The minimum absolute atomic E-state index is 0.0286. The van der Waals surface area contributed by atoms with Gasteiger partial charge >= 0.3 is 5.97 Å². The van der Waals surface area contributed by atoms with Gasteiger partial charge in [-0.2, -0.15) is 8.42 Å². The number of aromatic nitrogens is 2. The molecule has 12 heteroatoms. The van der Waals surface area contributed by atoms with Gasteiger partial charge in [0.05, 0.1) is 17.2 Å². The van der Waals surface area contributed by atoms with Crippen molar-refractivity contribution in [2.24, 2.45) is 5.92 Å². The molecule has 0 saturated heterocycles. The van der Waals surface area contributed by atoms with Gasteiger partial charge in [0.15, 0.2) is 0 Å². The summed E-state index contributed by atoms with van der Waals surface area (Å²) in [6, 6.07) is 4.03. The van der Waals surface area contributed by atoms with Crippen LogP contribution in [0.2, 0.25) is 5.02 Å². The summed E-state index contributed by atoms with van der Waals surface area (Å²) >= 11 is 6.66. The molecule has 0 saturated carbocycles. The number of carbonyl (C=O) groups excluding carboxylic acids is 2. The van der Waals surface area contributed by atoms with Crippen molar-refractivity contribution in [2.45, 2.75) is 25.1 Å². The number of nitrogens with one attached hydrogen (secondary N) is 2. The van der Waals surface area contributed by atoms with Crippen molar-refractivity contribution < 1.29 is 22.7 Å². The van der Waals surface area contributed by atoms with E-state index in [4.69, 9.17) is 16.3 Å². The molecule has 0 aliphatic heterocycles. The third-order valence-corrected chi connectivity index (χ3v) is 6.02. The zero-order valence-electron chi connectivity index (χ0n) is 14.6. The van der Waals surface area contributed by atoms with Crippen LogP contribution in [0.5, 0.6) is 0 Å². The van der Waals surface area contributed by atoms with Crippen LogP contribution in [0.4, 0.5) is 10.8 Å². The molecule has 146 valence electrons. The SMILES string of the molecule is CCOC(=O)c1cc(NS(=O)(=O)c2nnc(NC(=O)C(C)C)s2)ccc1Cl. The number of sulfonamides is 1. The molecule has 2 N–H and O–H groups in total. The van der Waals surface area contributed by atoms with Crippen LogP contribution in [-0.4, -0.2) is 37.1 Å². The number of carbonyl (C=O) groups is 2. The van der Waals surface area contributed by atoms with E-state index < -0.39 is 16.0 Å². The lowest BCUT2D eigenvalue weighted by atomic mass is 10.2. The van der Waals surface area contributed by atoms with Gasteiger partial charge in [0, 0.05) is 11.6 Å². The van der Waals surface area contributed by atoms with Crippen LogP contribution in [0, 0.1) is 5.92 Å². The van der Waals surface area contributed by atoms with E-state index in [-0.39, 0.29) is 44.2 Å². The Morgan fingerprint density at radius 1 is 1.30 bits per heavy atom. The Hall–Kier alpha value is -2.24. The molecule has 1 amide bonds. The predicted molar refractivity (Wildman–Crippen MR) is 102 cm³/mol. The molecule has 0 bridgehead atoms. The topological polar surface area (TPSA) is 127 Å². The van der Waals surface area contributed by atoms with Gasteiger partial charge in [-0.05, 0) is 25.1 Å². The summed E-state index contributed by atoms with van der Waals surface area (Å²) in [4.78, 5) is 23.5.